The number of carbonyl (C=O) groups excluding carboxylic acids is 1. The van der Waals surface area contributed by atoms with Gasteiger partial charge in [0.25, 0.3) is 5.91 Å². The zero-order valence-electron chi connectivity index (χ0n) is 12.4. The van der Waals surface area contributed by atoms with E-state index in [1.165, 1.54) is 0 Å². The van der Waals surface area contributed by atoms with Crippen molar-refractivity contribution in [3.63, 3.8) is 0 Å². The molecule has 1 heterocycles. The van der Waals surface area contributed by atoms with Crippen molar-refractivity contribution < 1.29 is 14.3 Å². The van der Waals surface area contributed by atoms with Gasteiger partial charge in [0.05, 0.1) is 18.4 Å². The van der Waals surface area contributed by atoms with E-state index < -0.39 is 0 Å². The number of hydrogen-bond acceptors (Lipinski definition) is 7. The summed E-state index contributed by atoms with van der Waals surface area (Å²) < 4.78 is 10.3. The lowest BCUT2D eigenvalue weighted by Gasteiger charge is -2.15. The van der Waals surface area contributed by atoms with Crippen molar-refractivity contribution in [2.75, 3.05) is 45.0 Å². The molecular weight excluding hydrogens is 292 g/mol. The van der Waals surface area contributed by atoms with E-state index in [1.807, 2.05) is 13.0 Å². The summed E-state index contributed by atoms with van der Waals surface area (Å²) in [6.45, 7) is 3.20. The Morgan fingerprint density at radius 2 is 2.24 bits per heavy atom. The van der Waals surface area contributed by atoms with Gasteiger partial charge in [-0.05, 0) is 6.92 Å². The number of anilines is 2. The number of nitrogens with one attached hydrogen (secondary N) is 2. The van der Waals surface area contributed by atoms with Crippen LogP contribution in [0.4, 0.5) is 10.7 Å². The number of ether oxygens (including phenoxy) is 2. The average molecular weight is 312 g/mol. The molecule has 8 heteroatoms. The molecule has 0 aliphatic rings. The van der Waals surface area contributed by atoms with E-state index in [0.717, 1.165) is 11.3 Å². The Hall–Kier alpha value is -1.82. The second-order valence-electron chi connectivity index (χ2n) is 4.21. The van der Waals surface area contributed by atoms with Crippen LogP contribution in [0.15, 0.2) is 0 Å². The molecule has 116 valence electrons. The number of thiophene rings is 1. The smallest absolute Gasteiger partial charge is 0.263 e. The van der Waals surface area contributed by atoms with E-state index in [2.05, 4.69) is 10.6 Å². The molecule has 0 spiro atoms. The van der Waals surface area contributed by atoms with Gasteiger partial charge >= 0.3 is 0 Å². The lowest BCUT2D eigenvalue weighted by Crippen LogP contribution is -2.26. The van der Waals surface area contributed by atoms with Gasteiger partial charge in [-0.2, -0.15) is 5.26 Å². The van der Waals surface area contributed by atoms with Crippen molar-refractivity contribution in [3.8, 4) is 6.07 Å². The van der Waals surface area contributed by atoms with Crippen LogP contribution in [0.3, 0.4) is 0 Å². The van der Waals surface area contributed by atoms with E-state index in [1.54, 1.807) is 14.2 Å². The van der Waals surface area contributed by atoms with Gasteiger partial charge in [-0.25, -0.2) is 0 Å². The molecule has 1 aromatic rings. The minimum absolute atomic E-state index is 0.155. The molecule has 1 unspecified atom stereocenters. The second-order valence-corrected chi connectivity index (χ2v) is 5.23. The fourth-order valence-electron chi connectivity index (χ4n) is 1.69. The van der Waals surface area contributed by atoms with Crippen molar-refractivity contribution in [1.29, 1.82) is 5.26 Å². The third-order valence-electron chi connectivity index (χ3n) is 2.78. The zero-order valence-corrected chi connectivity index (χ0v) is 13.2. The Morgan fingerprint density at radius 1 is 1.52 bits per heavy atom. The Kier molecular flexibility index (Phi) is 6.94. The highest BCUT2D eigenvalue weighted by atomic mass is 32.1. The molecule has 4 N–H and O–H groups in total. The largest absolute Gasteiger partial charge is 0.396 e. The Bertz CT molecular complexity index is 524. The van der Waals surface area contributed by atoms with E-state index >= 15 is 0 Å². The number of hydrogen-bond donors (Lipinski definition) is 3. The first kappa shape index (κ1) is 17.2. The van der Waals surface area contributed by atoms with Crippen LogP contribution in [-0.2, 0) is 9.47 Å². The molecule has 0 fully saturated rings. The summed E-state index contributed by atoms with van der Waals surface area (Å²) in [5.41, 5.74) is 6.37. The molecule has 0 radical (unpaired) electrons. The molecule has 7 nitrogen and oxygen atoms in total. The van der Waals surface area contributed by atoms with Crippen LogP contribution in [0.25, 0.3) is 0 Å². The highest BCUT2D eigenvalue weighted by Gasteiger charge is 2.21. The molecule has 0 aliphatic carbocycles. The highest BCUT2D eigenvalue weighted by Crippen LogP contribution is 2.35. The Labute approximate surface area is 128 Å². The SMILES string of the molecule is CCNC(=O)c1sc(NCC(COC)OC)c(C#N)c1N. The molecule has 0 bridgehead atoms. The topological polar surface area (TPSA) is 109 Å². The lowest BCUT2D eigenvalue weighted by atomic mass is 10.2. The maximum Gasteiger partial charge on any atom is 0.263 e. The molecule has 1 aromatic heterocycles. The second kappa shape index (κ2) is 8.46. The van der Waals surface area contributed by atoms with Gasteiger partial charge in [-0.1, -0.05) is 0 Å². The standard InChI is InChI=1S/C13H20N4O3S/c1-4-16-12(18)11-10(15)9(5-14)13(21-11)17-6-8(20-3)7-19-2/h8,17H,4,6-7,15H2,1-3H3,(H,16,18). The maximum absolute atomic E-state index is 11.9. The number of nitrogens with two attached hydrogens (primary N) is 1. The van der Waals surface area contributed by atoms with Gasteiger partial charge in [0, 0.05) is 27.3 Å². The number of nitrogen functional groups attached to an aromatic ring is 1. The van der Waals surface area contributed by atoms with Crippen molar-refractivity contribution in [1.82, 2.24) is 5.32 Å². The van der Waals surface area contributed by atoms with Gasteiger partial charge in [-0.15, -0.1) is 11.3 Å². The molecule has 0 aliphatic heterocycles. The monoisotopic (exact) mass is 312 g/mol. The van der Waals surface area contributed by atoms with Crippen LogP contribution >= 0.6 is 11.3 Å². The summed E-state index contributed by atoms with van der Waals surface area (Å²) >= 11 is 1.16. The summed E-state index contributed by atoms with van der Waals surface area (Å²) in [6.07, 6.45) is -0.155. The quantitative estimate of drug-likeness (QED) is 0.661. The molecule has 0 saturated carbocycles. The molecular formula is C13H20N4O3S. The maximum atomic E-state index is 11.9. The Morgan fingerprint density at radius 3 is 2.76 bits per heavy atom. The van der Waals surface area contributed by atoms with Gasteiger partial charge in [0.1, 0.15) is 21.5 Å². The zero-order chi connectivity index (χ0) is 15.8. The van der Waals surface area contributed by atoms with Crippen LogP contribution in [-0.4, -0.2) is 45.9 Å². The van der Waals surface area contributed by atoms with Crippen molar-refractivity contribution in [3.05, 3.63) is 10.4 Å². The lowest BCUT2D eigenvalue weighted by molar-refractivity contribution is 0.0366. The summed E-state index contributed by atoms with van der Waals surface area (Å²) in [7, 11) is 3.17. The number of amides is 1. The third kappa shape index (κ3) is 4.32. The van der Waals surface area contributed by atoms with Crippen molar-refractivity contribution >= 4 is 27.9 Å². The van der Waals surface area contributed by atoms with Crippen LogP contribution in [0.2, 0.25) is 0 Å². The van der Waals surface area contributed by atoms with Gasteiger partial charge in [-0.3, -0.25) is 4.79 Å². The third-order valence-corrected chi connectivity index (χ3v) is 3.94. The number of nitrogens with zero attached hydrogens (tertiary/aromatic N) is 1. The van der Waals surface area contributed by atoms with Crippen molar-refractivity contribution in [2.45, 2.75) is 13.0 Å². The minimum atomic E-state index is -0.273. The van der Waals surface area contributed by atoms with Crippen LogP contribution in [0.5, 0.6) is 0 Å². The minimum Gasteiger partial charge on any atom is -0.396 e. The van der Waals surface area contributed by atoms with Crippen LogP contribution in [0, 0.1) is 11.3 Å². The molecule has 21 heavy (non-hydrogen) atoms. The number of methoxy groups -OCH3 is 2. The molecule has 0 aromatic carbocycles. The molecule has 0 saturated heterocycles. The first-order valence-electron chi connectivity index (χ1n) is 6.45. The van der Waals surface area contributed by atoms with Gasteiger partial charge in [0.15, 0.2) is 0 Å². The highest BCUT2D eigenvalue weighted by molar-refractivity contribution is 7.18. The fraction of sp³-hybridized carbons (Fsp3) is 0.538. The first-order valence-corrected chi connectivity index (χ1v) is 7.26. The van der Waals surface area contributed by atoms with Crippen molar-refractivity contribution in [2.24, 2.45) is 0 Å². The number of nitriles is 1. The summed E-state index contributed by atoms with van der Waals surface area (Å²) in [6, 6.07) is 2.03. The van der Waals surface area contributed by atoms with E-state index in [4.69, 9.17) is 15.2 Å². The first-order chi connectivity index (χ1) is 10.1. The van der Waals surface area contributed by atoms with E-state index in [9.17, 15) is 10.1 Å². The van der Waals surface area contributed by atoms with Crippen LogP contribution < -0.4 is 16.4 Å². The van der Waals surface area contributed by atoms with E-state index in [0.29, 0.717) is 29.6 Å². The van der Waals surface area contributed by atoms with Gasteiger partial charge < -0.3 is 25.8 Å². The molecule has 1 atom stereocenters. The number of rotatable bonds is 8. The van der Waals surface area contributed by atoms with Crippen LogP contribution in [0.1, 0.15) is 22.2 Å². The predicted octanol–water partition coefficient (Wildman–Crippen LogP) is 1.02. The fourth-order valence-corrected chi connectivity index (χ4v) is 2.69. The van der Waals surface area contributed by atoms with E-state index in [-0.39, 0.29) is 23.3 Å². The molecule has 1 amide bonds. The average Bonchev–Trinajstić information content (AvgIpc) is 2.79. The molecule has 1 rings (SSSR count). The Balaban J connectivity index is 2.90. The predicted molar refractivity (Wildman–Crippen MR) is 82.6 cm³/mol. The summed E-state index contributed by atoms with van der Waals surface area (Å²) in [5.74, 6) is -0.273. The van der Waals surface area contributed by atoms with Gasteiger partial charge in [0.2, 0.25) is 0 Å². The normalized spacial score (nSPS) is 11.7. The summed E-state index contributed by atoms with van der Waals surface area (Å²) in [4.78, 5) is 12.2. The number of carbonyl (C=O) groups is 1. The summed E-state index contributed by atoms with van der Waals surface area (Å²) in [5, 5.41) is 15.5.